The highest BCUT2D eigenvalue weighted by molar-refractivity contribution is 6.17. The van der Waals surface area contributed by atoms with Crippen molar-refractivity contribution in [3.63, 3.8) is 0 Å². The van der Waals surface area contributed by atoms with Crippen LogP contribution < -0.4 is 34.0 Å². The highest BCUT2D eigenvalue weighted by Gasteiger charge is 2.32. The average molecular weight is 626 g/mol. The summed E-state index contributed by atoms with van der Waals surface area (Å²) >= 11 is 0. The summed E-state index contributed by atoms with van der Waals surface area (Å²) in [5, 5.41) is 1.19. The van der Waals surface area contributed by atoms with E-state index in [1.165, 1.54) is 34.1 Å². The number of carbonyl (C=O) groups is 2. The minimum atomic E-state index is -0.563. The zero-order chi connectivity index (χ0) is 32.3. The maximum absolute atomic E-state index is 13.9. The van der Waals surface area contributed by atoms with Gasteiger partial charge in [-0.15, -0.1) is 0 Å². The van der Waals surface area contributed by atoms with Crippen LogP contribution in [0.2, 0.25) is 0 Å². The first-order valence-electron chi connectivity index (χ1n) is 14.8. The molecule has 5 aromatic rings. The molecule has 0 atom stereocenters. The van der Waals surface area contributed by atoms with Crippen molar-refractivity contribution in [1.82, 2.24) is 4.57 Å². The molecule has 46 heavy (non-hydrogen) atoms. The average Bonchev–Trinajstić information content (AvgIpc) is 3.77. The van der Waals surface area contributed by atoms with E-state index >= 15 is 0 Å². The Kier molecular flexibility index (Phi) is 7.11. The molecule has 0 radical (unpaired) electrons. The number of hydrogen-bond acceptors (Lipinski definition) is 10. The normalized spacial score (nSPS) is 13.6. The molecule has 1 fully saturated rings. The van der Waals surface area contributed by atoms with Crippen LogP contribution in [-0.2, 0) is 22.6 Å². The molecule has 2 aliphatic rings. The number of hydrogen-bond donors (Lipinski definition) is 0. The van der Waals surface area contributed by atoms with E-state index < -0.39 is 17.6 Å². The minimum absolute atomic E-state index is 0.127. The predicted octanol–water partition coefficient (Wildman–Crippen LogP) is 6.06. The largest absolute Gasteiger partial charge is 0.493 e. The number of methoxy groups -OCH3 is 3. The third kappa shape index (κ3) is 4.88. The highest BCUT2D eigenvalue weighted by Crippen LogP contribution is 2.50. The molecule has 0 bridgehead atoms. The molecule has 11 nitrogen and oxygen atoms in total. The van der Waals surface area contributed by atoms with Gasteiger partial charge in [-0.3, -0.25) is 9.59 Å². The molecule has 0 N–H and O–H groups in total. The van der Waals surface area contributed by atoms with Crippen LogP contribution in [0.25, 0.3) is 44.3 Å². The van der Waals surface area contributed by atoms with Gasteiger partial charge in [0.15, 0.2) is 34.5 Å². The van der Waals surface area contributed by atoms with Gasteiger partial charge in [-0.25, -0.2) is 4.79 Å². The summed E-state index contributed by atoms with van der Waals surface area (Å²) in [5.74, 6) is 1.25. The molecule has 2 aromatic heterocycles. The molecule has 0 unspecified atom stereocenters. The standard InChI is InChI=1S/C35H31NO10/c1-17(37)43-29-14-22-19(12-27(29)41-4)10-11-36-33(22)31(20-6-9-24(26(13-20)40-3)45-21-7-8-21)32-23-15-28(42-5)30(44-18(2)38)16-25(23)46-35(39)34(32)36/h6,9,12-16,21H,7-8,10-11H2,1-5H3. The summed E-state index contributed by atoms with van der Waals surface area (Å²) in [6.07, 6.45) is 2.72. The van der Waals surface area contributed by atoms with Crippen LogP contribution in [0.1, 0.15) is 32.3 Å². The highest BCUT2D eigenvalue weighted by atomic mass is 16.6. The van der Waals surface area contributed by atoms with Crippen molar-refractivity contribution in [2.45, 2.75) is 45.8 Å². The molecule has 1 saturated carbocycles. The first kappa shape index (κ1) is 29.3. The van der Waals surface area contributed by atoms with Gasteiger partial charge in [0, 0.05) is 48.4 Å². The zero-order valence-electron chi connectivity index (χ0n) is 26.0. The Morgan fingerprint density at radius 1 is 0.804 bits per heavy atom. The lowest BCUT2D eigenvalue weighted by Crippen LogP contribution is -2.15. The smallest absolute Gasteiger partial charge is 0.361 e. The Morgan fingerprint density at radius 3 is 2.11 bits per heavy atom. The Bertz CT molecular complexity index is 2140. The molecule has 7 rings (SSSR count). The number of ether oxygens (including phenoxy) is 6. The van der Waals surface area contributed by atoms with Gasteiger partial charge in [0.05, 0.1) is 33.1 Å². The van der Waals surface area contributed by atoms with Crippen molar-refractivity contribution in [1.29, 1.82) is 0 Å². The van der Waals surface area contributed by atoms with E-state index in [1.807, 2.05) is 28.8 Å². The van der Waals surface area contributed by atoms with Gasteiger partial charge in [0.2, 0.25) is 0 Å². The fraction of sp³-hybridized carbons (Fsp3) is 0.286. The molecular formula is C35H31NO10. The lowest BCUT2D eigenvalue weighted by atomic mass is 9.91. The van der Waals surface area contributed by atoms with E-state index in [2.05, 4.69) is 0 Å². The third-order valence-corrected chi connectivity index (χ3v) is 8.22. The zero-order valence-corrected chi connectivity index (χ0v) is 26.0. The van der Waals surface area contributed by atoms with Gasteiger partial charge in [-0.1, -0.05) is 6.07 Å². The van der Waals surface area contributed by atoms with Crippen molar-refractivity contribution in [3.05, 3.63) is 58.4 Å². The Labute approximate surface area is 263 Å². The van der Waals surface area contributed by atoms with E-state index in [1.54, 1.807) is 19.2 Å². The van der Waals surface area contributed by atoms with Crippen LogP contribution >= 0.6 is 0 Å². The van der Waals surface area contributed by atoms with Gasteiger partial charge in [-0.05, 0) is 60.7 Å². The molecule has 3 heterocycles. The molecule has 3 aromatic carbocycles. The van der Waals surface area contributed by atoms with Crippen molar-refractivity contribution >= 4 is 33.8 Å². The van der Waals surface area contributed by atoms with Gasteiger partial charge in [-0.2, -0.15) is 0 Å². The van der Waals surface area contributed by atoms with E-state index in [9.17, 15) is 14.4 Å². The lowest BCUT2D eigenvalue weighted by Gasteiger charge is -2.23. The lowest BCUT2D eigenvalue weighted by molar-refractivity contribution is -0.132. The van der Waals surface area contributed by atoms with Crippen LogP contribution in [0.3, 0.4) is 0 Å². The summed E-state index contributed by atoms with van der Waals surface area (Å²) in [6.45, 7) is 3.07. The van der Waals surface area contributed by atoms with Crippen molar-refractivity contribution in [3.8, 4) is 56.9 Å². The number of nitrogens with zero attached hydrogens (tertiary/aromatic N) is 1. The summed E-state index contributed by atoms with van der Waals surface area (Å²) in [7, 11) is 4.58. The Balaban J connectivity index is 1.60. The predicted molar refractivity (Wildman–Crippen MR) is 168 cm³/mol. The van der Waals surface area contributed by atoms with Gasteiger partial charge < -0.3 is 37.4 Å². The van der Waals surface area contributed by atoms with Crippen LogP contribution in [0.15, 0.2) is 51.7 Å². The minimum Gasteiger partial charge on any atom is -0.493 e. The third-order valence-electron chi connectivity index (χ3n) is 8.22. The summed E-state index contributed by atoms with van der Waals surface area (Å²) in [4.78, 5) is 37.8. The quantitative estimate of drug-likeness (QED) is 0.114. The molecule has 1 aliphatic heterocycles. The summed E-state index contributed by atoms with van der Waals surface area (Å²) in [6, 6.07) is 12.5. The van der Waals surface area contributed by atoms with E-state index in [0.29, 0.717) is 52.3 Å². The summed E-state index contributed by atoms with van der Waals surface area (Å²) < 4.78 is 41.8. The van der Waals surface area contributed by atoms with Gasteiger partial charge >= 0.3 is 17.6 Å². The van der Waals surface area contributed by atoms with Gasteiger partial charge in [0.1, 0.15) is 11.1 Å². The molecular weight excluding hydrogens is 594 g/mol. The van der Waals surface area contributed by atoms with E-state index in [4.69, 9.17) is 32.8 Å². The fourth-order valence-electron chi connectivity index (χ4n) is 6.18. The van der Waals surface area contributed by atoms with E-state index in [0.717, 1.165) is 40.8 Å². The van der Waals surface area contributed by atoms with Crippen LogP contribution in [0.4, 0.5) is 0 Å². The number of esters is 2. The molecule has 0 spiro atoms. The number of rotatable bonds is 8. The Hall–Kier alpha value is -5.45. The molecule has 0 saturated heterocycles. The molecule has 0 amide bonds. The number of fused-ring (bicyclic) bond motifs is 7. The van der Waals surface area contributed by atoms with Gasteiger partial charge in [0.25, 0.3) is 0 Å². The van der Waals surface area contributed by atoms with Crippen molar-refractivity contribution < 1.29 is 42.4 Å². The first-order chi connectivity index (χ1) is 22.2. The first-order valence-corrected chi connectivity index (χ1v) is 14.8. The number of aryl methyl sites for hydroxylation is 2. The van der Waals surface area contributed by atoms with Crippen molar-refractivity contribution in [2.75, 3.05) is 21.3 Å². The fourth-order valence-corrected chi connectivity index (χ4v) is 6.18. The Morgan fingerprint density at radius 2 is 1.46 bits per heavy atom. The maximum Gasteiger partial charge on any atom is 0.361 e. The number of aromatic nitrogens is 1. The van der Waals surface area contributed by atoms with Crippen LogP contribution in [0.5, 0.6) is 34.5 Å². The van der Waals surface area contributed by atoms with Crippen molar-refractivity contribution in [2.24, 2.45) is 0 Å². The topological polar surface area (TPSA) is 125 Å². The number of carbonyl (C=O) groups excluding carboxylic acids is 2. The maximum atomic E-state index is 13.9. The molecule has 236 valence electrons. The van der Waals surface area contributed by atoms with Crippen LogP contribution in [0, 0.1) is 0 Å². The second-order valence-corrected chi connectivity index (χ2v) is 11.3. The second-order valence-electron chi connectivity index (χ2n) is 11.3. The summed E-state index contributed by atoms with van der Waals surface area (Å²) in [5.41, 5.74) is 3.94. The van der Waals surface area contributed by atoms with E-state index in [-0.39, 0.29) is 23.2 Å². The second kappa shape index (κ2) is 11.2. The molecule has 11 heteroatoms. The van der Waals surface area contributed by atoms with Crippen LogP contribution in [-0.4, -0.2) is 43.9 Å². The SMILES string of the molecule is COc1cc2c(cc1OC(C)=O)-c1c(-c3ccc(OC4CC4)c(OC)c3)c3c4cc(OC)c(OC(C)=O)cc4oc(=O)c3n1CC2. The monoisotopic (exact) mass is 625 g/mol. The molecule has 1 aliphatic carbocycles. The number of benzene rings is 3.